The van der Waals surface area contributed by atoms with E-state index in [2.05, 4.69) is 113 Å². The Morgan fingerprint density at radius 1 is 0.577 bits per heavy atom. The number of fused-ring (bicyclic) bond motifs is 2. The molecule has 0 radical (unpaired) electrons. The average molecular weight is 695 g/mol. The van der Waals surface area contributed by atoms with Gasteiger partial charge in [0.2, 0.25) is 11.8 Å². The predicted octanol–water partition coefficient (Wildman–Crippen LogP) is 12.9. The van der Waals surface area contributed by atoms with Crippen LogP contribution in [0.1, 0.15) is 113 Å². The number of aromatic nitrogens is 2. The summed E-state index contributed by atoms with van der Waals surface area (Å²) in [5.74, 6) is 5.16. The zero-order valence-corrected chi connectivity index (χ0v) is 31.0. The van der Waals surface area contributed by atoms with Gasteiger partial charge >= 0.3 is 0 Å². The molecule has 0 spiro atoms. The molecule has 0 amide bonds. The van der Waals surface area contributed by atoms with Gasteiger partial charge in [0.25, 0.3) is 0 Å². The van der Waals surface area contributed by atoms with Gasteiger partial charge in [0.1, 0.15) is 22.5 Å². The first-order valence-corrected chi connectivity index (χ1v) is 19.4. The summed E-state index contributed by atoms with van der Waals surface area (Å²) in [7, 11) is 0. The molecule has 2 fully saturated rings. The van der Waals surface area contributed by atoms with E-state index < -0.39 is 0 Å². The fourth-order valence-corrected chi connectivity index (χ4v) is 7.73. The van der Waals surface area contributed by atoms with Crippen LogP contribution in [0, 0.1) is 11.8 Å². The second-order valence-corrected chi connectivity index (χ2v) is 15.7. The number of ether oxygens (including phenoxy) is 2. The Morgan fingerprint density at radius 3 is 1.33 bits per heavy atom. The normalized spacial score (nSPS) is 15.7. The molecule has 2 heterocycles. The standard InChI is InChI=1S/C46H50N2O4/c1-29(2)27-49-41-25-43-39(23-37(41)33-9-5-6-10-33)47-45(51-43)35-19-15-31(16-20-35)13-14-32-17-21-36(22-18-32)46-48-40-24-38(34-11-7-8-12-34)42(26-44(40)52-46)50-28-30(3)4/h13-26,29-30,33-34H,5-12,27-28H2,1-4H3/b14-13+. The molecular formula is C46H50N2O4. The van der Waals surface area contributed by atoms with Crippen LogP contribution < -0.4 is 9.47 Å². The summed E-state index contributed by atoms with van der Waals surface area (Å²) in [5, 5.41) is 0. The molecule has 52 heavy (non-hydrogen) atoms. The van der Waals surface area contributed by atoms with Crippen LogP contribution in [-0.4, -0.2) is 23.2 Å². The molecule has 2 aromatic heterocycles. The number of hydrogen-bond acceptors (Lipinski definition) is 6. The second kappa shape index (κ2) is 15.0. The topological polar surface area (TPSA) is 70.5 Å². The van der Waals surface area contributed by atoms with Crippen molar-refractivity contribution in [1.82, 2.24) is 9.97 Å². The third-order valence-electron chi connectivity index (χ3n) is 10.6. The van der Waals surface area contributed by atoms with E-state index in [1.807, 2.05) is 0 Å². The molecule has 0 bridgehead atoms. The Bertz CT molecular complexity index is 2000. The van der Waals surface area contributed by atoms with E-state index in [1.165, 1.54) is 62.5 Å². The van der Waals surface area contributed by atoms with E-state index in [1.54, 1.807) is 0 Å². The van der Waals surface area contributed by atoms with Gasteiger partial charge in [-0.15, -0.1) is 0 Å². The van der Waals surface area contributed by atoms with Crippen molar-refractivity contribution in [1.29, 1.82) is 0 Å². The summed E-state index contributed by atoms with van der Waals surface area (Å²) in [6.07, 6.45) is 14.2. The van der Waals surface area contributed by atoms with E-state index in [0.29, 0.717) is 48.7 Å². The molecule has 8 rings (SSSR count). The molecule has 0 atom stereocenters. The molecule has 0 unspecified atom stereocenters. The Labute approximate surface area is 307 Å². The summed E-state index contributed by atoms with van der Waals surface area (Å²) in [5.41, 5.74) is 10.0. The van der Waals surface area contributed by atoms with Gasteiger partial charge in [-0.3, -0.25) is 0 Å². The summed E-state index contributed by atoms with van der Waals surface area (Å²) >= 11 is 0. The van der Waals surface area contributed by atoms with E-state index >= 15 is 0 Å². The first-order chi connectivity index (χ1) is 25.4. The van der Waals surface area contributed by atoms with Gasteiger partial charge < -0.3 is 18.3 Å². The molecule has 2 aliphatic rings. The van der Waals surface area contributed by atoms with Crippen molar-refractivity contribution in [3.05, 3.63) is 95.1 Å². The van der Waals surface area contributed by atoms with Crippen LogP contribution in [-0.2, 0) is 0 Å². The zero-order chi connectivity index (χ0) is 35.6. The first-order valence-electron chi connectivity index (χ1n) is 19.4. The lowest BCUT2D eigenvalue weighted by Crippen LogP contribution is -2.07. The fourth-order valence-electron chi connectivity index (χ4n) is 7.73. The molecule has 6 heteroatoms. The fraction of sp³-hybridized carbons (Fsp3) is 0.391. The van der Waals surface area contributed by atoms with Crippen molar-refractivity contribution in [2.45, 2.75) is 90.9 Å². The molecule has 0 aliphatic heterocycles. The van der Waals surface area contributed by atoms with Crippen molar-refractivity contribution in [2.75, 3.05) is 13.2 Å². The van der Waals surface area contributed by atoms with Gasteiger partial charge in [-0.2, -0.15) is 0 Å². The minimum absolute atomic E-state index is 0.461. The van der Waals surface area contributed by atoms with Crippen LogP contribution in [0.3, 0.4) is 0 Å². The Hall–Kier alpha value is -4.84. The molecule has 0 N–H and O–H groups in total. The van der Waals surface area contributed by atoms with Crippen LogP contribution in [0.15, 0.2) is 81.6 Å². The van der Waals surface area contributed by atoms with Crippen molar-refractivity contribution in [3.8, 4) is 34.4 Å². The van der Waals surface area contributed by atoms with Gasteiger partial charge in [-0.25, -0.2) is 9.97 Å². The third-order valence-corrected chi connectivity index (χ3v) is 10.6. The van der Waals surface area contributed by atoms with Gasteiger partial charge in [0.15, 0.2) is 11.2 Å². The molecule has 0 saturated heterocycles. The van der Waals surface area contributed by atoms with Crippen LogP contribution in [0.5, 0.6) is 11.5 Å². The summed E-state index contributed by atoms with van der Waals surface area (Å²) < 4.78 is 25.1. The van der Waals surface area contributed by atoms with Crippen molar-refractivity contribution >= 4 is 34.4 Å². The average Bonchev–Trinajstić information content (AvgIpc) is 3.99. The summed E-state index contributed by atoms with van der Waals surface area (Å²) in [6.45, 7) is 10.1. The molecule has 2 aliphatic carbocycles. The zero-order valence-electron chi connectivity index (χ0n) is 31.0. The first kappa shape index (κ1) is 34.3. The number of benzene rings is 4. The van der Waals surface area contributed by atoms with E-state index in [0.717, 1.165) is 56.0 Å². The highest BCUT2D eigenvalue weighted by atomic mass is 16.5. The Balaban J connectivity index is 0.966. The lowest BCUT2D eigenvalue weighted by Gasteiger charge is -2.17. The molecule has 268 valence electrons. The highest BCUT2D eigenvalue weighted by molar-refractivity contribution is 5.81. The van der Waals surface area contributed by atoms with Gasteiger partial charge in [0, 0.05) is 23.3 Å². The highest BCUT2D eigenvalue weighted by Gasteiger charge is 2.25. The maximum Gasteiger partial charge on any atom is 0.227 e. The van der Waals surface area contributed by atoms with Crippen molar-refractivity contribution in [3.63, 3.8) is 0 Å². The van der Waals surface area contributed by atoms with Crippen LogP contribution in [0.2, 0.25) is 0 Å². The third kappa shape index (κ3) is 7.53. The van der Waals surface area contributed by atoms with Crippen molar-refractivity contribution < 1.29 is 18.3 Å². The minimum Gasteiger partial charge on any atom is -0.493 e. The van der Waals surface area contributed by atoms with Gasteiger partial charge in [-0.1, -0.05) is 89.8 Å². The summed E-state index contributed by atoms with van der Waals surface area (Å²) in [6, 6.07) is 25.2. The molecule has 2 saturated carbocycles. The largest absolute Gasteiger partial charge is 0.493 e. The number of hydrogen-bond donors (Lipinski definition) is 0. The number of rotatable bonds is 12. The molecular weight excluding hydrogens is 645 g/mol. The SMILES string of the molecule is CC(C)COc1cc2oc(-c3ccc(/C=C/c4ccc(-c5nc6cc(C7CCCC7)c(OCC(C)C)cc6o5)cc4)cc3)nc2cc1C1CCCC1. The predicted molar refractivity (Wildman–Crippen MR) is 211 cm³/mol. The second-order valence-electron chi connectivity index (χ2n) is 15.7. The number of nitrogens with zero attached hydrogens (tertiary/aromatic N) is 2. The van der Waals surface area contributed by atoms with E-state index in [4.69, 9.17) is 28.3 Å². The monoisotopic (exact) mass is 694 g/mol. The van der Waals surface area contributed by atoms with Gasteiger partial charge in [-0.05, 0) is 108 Å². The lowest BCUT2D eigenvalue weighted by atomic mass is 9.96. The summed E-state index contributed by atoms with van der Waals surface area (Å²) in [4.78, 5) is 9.81. The Kier molecular flexibility index (Phi) is 9.90. The maximum absolute atomic E-state index is 6.28. The quantitative estimate of drug-likeness (QED) is 0.119. The minimum atomic E-state index is 0.461. The molecule has 4 aromatic carbocycles. The van der Waals surface area contributed by atoms with Gasteiger partial charge in [0.05, 0.1) is 13.2 Å². The number of oxazole rings is 2. The van der Waals surface area contributed by atoms with E-state index in [-0.39, 0.29) is 0 Å². The van der Waals surface area contributed by atoms with Crippen LogP contribution in [0.4, 0.5) is 0 Å². The van der Waals surface area contributed by atoms with Crippen LogP contribution in [0.25, 0.3) is 57.3 Å². The van der Waals surface area contributed by atoms with Crippen molar-refractivity contribution in [2.24, 2.45) is 11.8 Å². The van der Waals surface area contributed by atoms with E-state index in [9.17, 15) is 0 Å². The van der Waals surface area contributed by atoms with Crippen LogP contribution >= 0.6 is 0 Å². The maximum atomic E-state index is 6.28. The smallest absolute Gasteiger partial charge is 0.227 e. The molecule has 6 aromatic rings. The highest BCUT2D eigenvalue weighted by Crippen LogP contribution is 2.43. The Morgan fingerprint density at radius 2 is 0.962 bits per heavy atom. The molecule has 6 nitrogen and oxygen atoms in total. The lowest BCUT2D eigenvalue weighted by molar-refractivity contribution is 0.267.